The Balaban J connectivity index is 1.68. The predicted molar refractivity (Wildman–Crippen MR) is 104 cm³/mol. The van der Waals surface area contributed by atoms with Gasteiger partial charge in [-0.15, -0.1) is 11.3 Å². The van der Waals surface area contributed by atoms with E-state index in [9.17, 15) is 4.79 Å². The van der Waals surface area contributed by atoms with Crippen LogP contribution >= 0.6 is 11.3 Å². The van der Waals surface area contributed by atoms with Crippen LogP contribution in [0.1, 0.15) is 39.4 Å². The first-order valence-electron chi connectivity index (χ1n) is 8.75. The zero-order valence-electron chi connectivity index (χ0n) is 15.0. The number of nitrogens with zero attached hydrogens (tertiary/aromatic N) is 3. The zero-order chi connectivity index (χ0) is 18.5. The lowest BCUT2D eigenvalue weighted by molar-refractivity contribution is 0.0646. The number of aryl methyl sites for hydroxylation is 2. The molecule has 27 heavy (non-hydrogen) atoms. The number of aromatic nitrogens is 2. The molecular formula is C20H18N4O2S. The van der Waals surface area contributed by atoms with Crippen molar-refractivity contribution in [2.24, 2.45) is 0 Å². The molecule has 0 radical (unpaired) electrons. The Kier molecular flexibility index (Phi) is 3.58. The lowest BCUT2D eigenvalue weighted by Gasteiger charge is -2.37. The number of hydrogen-bond acceptors (Lipinski definition) is 5. The van der Waals surface area contributed by atoms with Crippen molar-refractivity contribution in [2.45, 2.75) is 26.6 Å². The SMILES string of the molecule is Cc1nc2scc(C)n2c1[C@H]1Nc2ccccc2C(=O)N1Cc1ccco1. The molecule has 0 spiro atoms. The van der Waals surface area contributed by atoms with Gasteiger partial charge >= 0.3 is 0 Å². The van der Waals surface area contributed by atoms with E-state index < -0.39 is 0 Å². The summed E-state index contributed by atoms with van der Waals surface area (Å²) < 4.78 is 7.66. The van der Waals surface area contributed by atoms with Gasteiger partial charge in [-0.2, -0.15) is 0 Å². The summed E-state index contributed by atoms with van der Waals surface area (Å²) in [7, 11) is 0. The number of imidazole rings is 1. The van der Waals surface area contributed by atoms with Crippen molar-refractivity contribution in [3.8, 4) is 0 Å². The second kappa shape index (κ2) is 5.99. The monoisotopic (exact) mass is 378 g/mol. The number of amides is 1. The Morgan fingerprint density at radius 3 is 2.89 bits per heavy atom. The average molecular weight is 378 g/mol. The Morgan fingerprint density at radius 2 is 2.07 bits per heavy atom. The number of rotatable bonds is 3. The molecule has 6 nitrogen and oxygen atoms in total. The number of hydrogen-bond donors (Lipinski definition) is 1. The maximum Gasteiger partial charge on any atom is 0.258 e. The highest BCUT2D eigenvalue weighted by Crippen LogP contribution is 2.36. The first kappa shape index (κ1) is 16.1. The Bertz CT molecular complexity index is 1140. The van der Waals surface area contributed by atoms with E-state index in [4.69, 9.17) is 9.40 Å². The lowest BCUT2D eigenvalue weighted by Crippen LogP contribution is -2.43. The highest BCUT2D eigenvalue weighted by molar-refractivity contribution is 7.15. The molecule has 1 aliphatic rings. The van der Waals surface area contributed by atoms with Crippen molar-refractivity contribution in [1.29, 1.82) is 0 Å². The summed E-state index contributed by atoms with van der Waals surface area (Å²) in [5.74, 6) is 0.725. The predicted octanol–water partition coefficient (Wildman–Crippen LogP) is 4.37. The van der Waals surface area contributed by atoms with E-state index in [1.165, 1.54) is 0 Å². The second-order valence-electron chi connectivity index (χ2n) is 6.68. The van der Waals surface area contributed by atoms with Gasteiger partial charge in [-0.25, -0.2) is 4.98 Å². The van der Waals surface area contributed by atoms with Crippen LogP contribution < -0.4 is 5.32 Å². The Hall–Kier alpha value is -3.06. The summed E-state index contributed by atoms with van der Waals surface area (Å²) in [6, 6.07) is 11.3. The molecule has 0 unspecified atom stereocenters. The minimum atomic E-state index is -0.333. The Labute approximate surface area is 160 Å². The van der Waals surface area contributed by atoms with Gasteiger partial charge in [0.2, 0.25) is 0 Å². The molecule has 1 aliphatic heterocycles. The summed E-state index contributed by atoms with van der Waals surface area (Å²) >= 11 is 1.61. The number of thiazole rings is 1. The minimum absolute atomic E-state index is 0.0204. The van der Waals surface area contributed by atoms with Gasteiger partial charge in [0.05, 0.1) is 29.8 Å². The van der Waals surface area contributed by atoms with Crippen molar-refractivity contribution in [3.05, 3.63) is 76.4 Å². The van der Waals surface area contributed by atoms with Crippen LogP contribution in [0, 0.1) is 13.8 Å². The van der Waals surface area contributed by atoms with Crippen LogP contribution in [0.25, 0.3) is 4.96 Å². The molecule has 7 heteroatoms. The minimum Gasteiger partial charge on any atom is -0.467 e. The highest BCUT2D eigenvalue weighted by Gasteiger charge is 2.36. The fraction of sp³-hybridized carbons (Fsp3) is 0.200. The first-order valence-corrected chi connectivity index (χ1v) is 9.63. The second-order valence-corrected chi connectivity index (χ2v) is 7.52. The number of para-hydroxylation sites is 1. The molecular weight excluding hydrogens is 360 g/mol. The molecule has 1 N–H and O–H groups in total. The van der Waals surface area contributed by atoms with E-state index in [0.29, 0.717) is 12.1 Å². The van der Waals surface area contributed by atoms with Gasteiger partial charge in [-0.1, -0.05) is 12.1 Å². The van der Waals surface area contributed by atoms with E-state index in [0.717, 1.165) is 33.5 Å². The molecule has 4 heterocycles. The third-order valence-corrected chi connectivity index (χ3v) is 5.88. The van der Waals surface area contributed by atoms with Crippen molar-refractivity contribution >= 4 is 27.9 Å². The van der Waals surface area contributed by atoms with Crippen LogP contribution in [-0.4, -0.2) is 20.2 Å². The van der Waals surface area contributed by atoms with Crippen molar-refractivity contribution in [3.63, 3.8) is 0 Å². The van der Waals surface area contributed by atoms with Gasteiger partial charge in [-0.05, 0) is 38.1 Å². The maximum absolute atomic E-state index is 13.3. The standard InChI is InChI=1S/C20H18N4O2S/c1-12-11-27-20-21-13(2)17(24(12)20)18-22-16-8-4-3-7-15(16)19(25)23(18)10-14-6-5-9-26-14/h3-9,11,18,22H,10H2,1-2H3/t18-/m0/s1. The molecule has 0 bridgehead atoms. The molecule has 4 aromatic rings. The van der Waals surface area contributed by atoms with Crippen LogP contribution in [0.4, 0.5) is 5.69 Å². The molecule has 3 aromatic heterocycles. The van der Waals surface area contributed by atoms with Gasteiger partial charge in [0.1, 0.15) is 11.9 Å². The normalized spacial score (nSPS) is 16.6. The molecule has 1 atom stereocenters. The first-order chi connectivity index (χ1) is 13.1. The molecule has 1 aromatic carbocycles. The quantitative estimate of drug-likeness (QED) is 0.575. The number of benzene rings is 1. The van der Waals surface area contributed by atoms with E-state index in [1.807, 2.05) is 48.2 Å². The summed E-state index contributed by atoms with van der Waals surface area (Å²) in [6.07, 6.45) is 1.30. The molecule has 1 amide bonds. The number of carbonyl (C=O) groups is 1. The Morgan fingerprint density at radius 1 is 1.22 bits per heavy atom. The van der Waals surface area contributed by atoms with E-state index >= 15 is 0 Å². The summed E-state index contributed by atoms with van der Waals surface area (Å²) in [6.45, 7) is 4.43. The smallest absolute Gasteiger partial charge is 0.258 e. The summed E-state index contributed by atoms with van der Waals surface area (Å²) in [4.78, 5) is 20.8. The fourth-order valence-corrected chi connectivity index (χ4v) is 4.61. The van der Waals surface area contributed by atoms with Crippen molar-refractivity contribution < 1.29 is 9.21 Å². The number of fused-ring (bicyclic) bond motifs is 2. The molecule has 0 saturated heterocycles. The van der Waals surface area contributed by atoms with Gasteiger partial charge in [-0.3, -0.25) is 9.20 Å². The molecule has 0 aliphatic carbocycles. The van der Waals surface area contributed by atoms with Gasteiger partial charge in [0.15, 0.2) is 4.96 Å². The third kappa shape index (κ3) is 2.46. The highest BCUT2D eigenvalue weighted by atomic mass is 32.1. The van der Waals surface area contributed by atoms with Crippen LogP contribution in [-0.2, 0) is 6.54 Å². The van der Waals surface area contributed by atoms with Crippen LogP contribution in [0.2, 0.25) is 0 Å². The maximum atomic E-state index is 13.3. The number of anilines is 1. The van der Waals surface area contributed by atoms with Crippen LogP contribution in [0.15, 0.2) is 52.5 Å². The van der Waals surface area contributed by atoms with E-state index in [-0.39, 0.29) is 12.1 Å². The fourth-order valence-electron chi connectivity index (χ4n) is 3.69. The van der Waals surface area contributed by atoms with Crippen LogP contribution in [0.5, 0.6) is 0 Å². The van der Waals surface area contributed by atoms with Crippen molar-refractivity contribution in [2.75, 3.05) is 5.32 Å². The molecule has 5 rings (SSSR count). The summed E-state index contributed by atoms with van der Waals surface area (Å²) in [5, 5.41) is 5.63. The zero-order valence-corrected chi connectivity index (χ0v) is 15.8. The number of furan rings is 1. The molecule has 0 fully saturated rings. The topological polar surface area (TPSA) is 62.8 Å². The average Bonchev–Trinajstić information content (AvgIpc) is 3.37. The van der Waals surface area contributed by atoms with Crippen molar-refractivity contribution in [1.82, 2.24) is 14.3 Å². The van der Waals surface area contributed by atoms with E-state index in [1.54, 1.807) is 17.6 Å². The van der Waals surface area contributed by atoms with Gasteiger partial charge in [0, 0.05) is 16.8 Å². The lowest BCUT2D eigenvalue weighted by atomic mass is 10.1. The van der Waals surface area contributed by atoms with Crippen LogP contribution in [0.3, 0.4) is 0 Å². The largest absolute Gasteiger partial charge is 0.467 e. The molecule has 136 valence electrons. The number of nitrogens with one attached hydrogen (secondary N) is 1. The molecule has 0 saturated carbocycles. The van der Waals surface area contributed by atoms with Gasteiger partial charge < -0.3 is 14.6 Å². The van der Waals surface area contributed by atoms with Gasteiger partial charge in [0.25, 0.3) is 5.91 Å². The summed E-state index contributed by atoms with van der Waals surface area (Å²) in [5.41, 5.74) is 4.51. The number of carbonyl (C=O) groups excluding carboxylic acids is 1. The third-order valence-electron chi connectivity index (χ3n) is 4.94. The van der Waals surface area contributed by atoms with E-state index in [2.05, 4.69) is 22.0 Å².